The molecule has 1 aromatic carbocycles. The van der Waals surface area contributed by atoms with Gasteiger partial charge in [-0.1, -0.05) is 18.2 Å². The quantitative estimate of drug-likeness (QED) is 0.622. The molecule has 2 aliphatic heterocycles. The summed E-state index contributed by atoms with van der Waals surface area (Å²) in [6.45, 7) is 3.97. The van der Waals surface area contributed by atoms with E-state index in [1.54, 1.807) is 18.3 Å². The molecule has 0 radical (unpaired) electrons. The molecule has 2 aromatic heterocycles. The van der Waals surface area contributed by atoms with Gasteiger partial charge in [0.25, 0.3) is 0 Å². The molecular formula is C23H24F3N5O. The van der Waals surface area contributed by atoms with Crippen molar-refractivity contribution < 1.29 is 18.0 Å². The molecule has 1 saturated heterocycles. The van der Waals surface area contributed by atoms with Crippen LogP contribution in [-0.4, -0.2) is 59.5 Å². The molecule has 0 aliphatic carbocycles. The molecule has 5 rings (SSSR count). The van der Waals surface area contributed by atoms with Crippen LogP contribution in [-0.2, 0) is 17.4 Å². The molecule has 0 N–H and O–H groups in total. The van der Waals surface area contributed by atoms with Crippen LogP contribution in [0.1, 0.15) is 17.7 Å². The Kier molecular flexibility index (Phi) is 5.28. The van der Waals surface area contributed by atoms with E-state index in [4.69, 9.17) is 0 Å². The van der Waals surface area contributed by atoms with Crippen molar-refractivity contribution in [2.45, 2.75) is 19.0 Å². The summed E-state index contributed by atoms with van der Waals surface area (Å²) >= 11 is 0. The van der Waals surface area contributed by atoms with Gasteiger partial charge in [0.1, 0.15) is 5.65 Å². The number of anilines is 2. The van der Waals surface area contributed by atoms with Gasteiger partial charge in [0.15, 0.2) is 5.69 Å². The lowest BCUT2D eigenvalue weighted by Crippen LogP contribution is -2.50. The fourth-order valence-electron chi connectivity index (χ4n) is 4.54. The Morgan fingerprint density at radius 2 is 1.75 bits per heavy atom. The third-order valence-corrected chi connectivity index (χ3v) is 6.23. The minimum Gasteiger partial charge on any atom is -0.368 e. The van der Waals surface area contributed by atoms with Crippen molar-refractivity contribution in [3.8, 4) is 0 Å². The van der Waals surface area contributed by atoms with Crippen LogP contribution in [0.3, 0.4) is 0 Å². The minimum atomic E-state index is -4.46. The molecule has 32 heavy (non-hydrogen) atoms. The first kappa shape index (κ1) is 20.8. The number of hydrogen-bond donors (Lipinski definition) is 0. The SMILES string of the molecule is O=C(CN1CCN(c2ccc3nc(C(F)(F)F)cn3c2)CC1)N1CCCc2ccccc21. The van der Waals surface area contributed by atoms with Gasteiger partial charge in [0.05, 0.1) is 12.2 Å². The number of fused-ring (bicyclic) bond motifs is 2. The zero-order valence-corrected chi connectivity index (χ0v) is 17.6. The van der Waals surface area contributed by atoms with Crippen LogP contribution < -0.4 is 9.80 Å². The molecule has 0 spiro atoms. The highest BCUT2D eigenvalue weighted by Gasteiger charge is 2.34. The van der Waals surface area contributed by atoms with E-state index in [0.29, 0.717) is 19.6 Å². The molecule has 3 aromatic rings. The van der Waals surface area contributed by atoms with Gasteiger partial charge in [-0.25, -0.2) is 4.98 Å². The predicted octanol–water partition coefficient (Wildman–Crippen LogP) is 3.45. The van der Waals surface area contributed by atoms with Crippen LogP contribution in [0.5, 0.6) is 0 Å². The highest BCUT2D eigenvalue weighted by atomic mass is 19.4. The summed E-state index contributed by atoms with van der Waals surface area (Å²) in [7, 11) is 0. The average Bonchev–Trinajstić information content (AvgIpc) is 3.23. The van der Waals surface area contributed by atoms with Gasteiger partial charge in [0.2, 0.25) is 5.91 Å². The van der Waals surface area contributed by atoms with E-state index >= 15 is 0 Å². The van der Waals surface area contributed by atoms with Crippen molar-refractivity contribution in [3.05, 3.63) is 60.0 Å². The van der Waals surface area contributed by atoms with Crippen molar-refractivity contribution in [3.63, 3.8) is 0 Å². The van der Waals surface area contributed by atoms with Crippen LogP contribution >= 0.6 is 0 Å². The lowest BCUT2D eigenvalue weighted by atomic mass is 10.0. The first-order valence-electron chi connectivity index (χ1n) is 10.8. The molecule has 0 unspecified atom stereocenters. The summed E-state index contributed by atoms with van der Waals surface area (Å²) in [4.78, 5) is 22.8. The van der Waals surface area contributed by atoms with Crippen LogP contribution in [0.15, 0.2) is 48.8 Å². The molecule has 1 amide bonds. The van der Waals surface area contributed by atoms with E-state index in [1.807, 2.05) is 23.1 Å². The Hall–Kier alpha value is -3.07. The van der Waals surface area contributed by atoms with E-state index in [-0.39, 0.29) is 11.6 Å². The summed E-state index contributed by atoms with van der Waals surface area (Å²) in [5, 5.41) is 0. The molecule has 0 saturated carbocycles. The number of carbonyl (C=O) groups excluding carboxylic acids is 1. The normalized spacial score (nSPS) is 17.6. The number of rotatable bonds is 3. The van der Waals surface area contributed by atoms with Crippen molar-refractivity contribution in [1.82, 2.24) is 14.3 Å². The highest BCUT2D eigenvalue weighted by molar-refractivity contribution is 5.96. The zero-order chi connectivity index (χ0) is 22.3. The monoisotopic (exact) mass is 443 g/mol. The van der Waals surface area contributed by atoms with Crippen LogP contribution in [0, 0.1) is 0 Å². The third kappa shape index (κ3) is 4.04. The smallest absolute Gasteiger partial charge is 0.368 e. The summed E-state index contributed by atoms with van der Waals surface area (Å²) in [6, 6.07) is 11.5. The minimum absolute atomic E-state index is 0.116. The molecule has 9 heteroatoms. The van der Waals surface area contributed by atoms with Crippen molar-refractivity contribution >= 4 is 22.9 Å². The highest BCUT2D eigenvalue weighted by Crippen LogP contribution is 2.29. The summed E-state index contributed by atoms with van der Waals surface area (Å²) in [5.41, 5.74) is 2.47. The summed E-state index contributed by atoms with van der Waals surface area (Å²) in [6.07, 6.45) is 0.222. The molecule has 0 bridgehead atoms. The predicted molar refractivity (Wildman–Crippen MR) is 116 cm³/mol. The fraction of sp³-hybridized carbons (Fsp3) is 0.391. The maximum Gasteiger partial charge on any atom is 0.434 e. The summed E-state index contributed by atoms with van der Waals surface area (Å²) in [5.74, 6) is 0.116. The Balaban J connectivity index is 1.22. The largest absolute Gasteiger partial charge is 0.434 e. The Morgan fingerprint density at radius 1 is 0.969 bits per heavy atom. The van der Waals surface area contributed by atoms with Gasteiger partial charge in [-0.2, -0.15) is 13.2 Å². The van der Waals surface area contributed by atoms with Crippen molar-refractivity contribution in [1.29, 1.82) is 0 Å². The molecule has 4 heterocycles. The lowest BCUT2D eigenvalue weighted by Gasteiger charge is -2.37. The Morgan fingerprint density at radius 3 is 2.53 bits per heavy atom. The second kappa shape index (κ2) is 8.12. The van der Waals surface area contributed by atoms with Crippen LogP contribution in [0.2, 0.25) is 0 Å². The number of nitrogens with zero attached hydrogens (tertiary/aromatic N) is 5. The standard InChI is InChI=1S/C23H24F3N5O/c24-23(25,26)20-15-30-14-18(7-8-21(30)27-20)29-12-10-28(11-13-29)16-22(32)31-9-3-5-17-4-1-2-6-19(17)31/h1-2,4,6-8,14-15H,3,5,9-13,16H2. The lowest BCUT2D eigenvalue weighted by molar-refractivity contribution is -0.140. The second-order valence-corrected chi connectivity index (χ2v) is 8.32. The average molecular weight is 443 g/mol. The van der Waals surface area contributed by atoms with Gasteiger partial charge in [-0.3, -0.25) is 9.69 Å². The molecule has 168 valence electrons. The Labute approximate surface area is 183 Å². The zero-order valence-electron chi connectivity index (χ0n) is 17.6. The first-order chi connectivity index (χ1) is 15.4. The van der Waals surface area contributed by atoms with Crippen molar-refractivity contribution in [2.24, 2.45) is 0 Å². The van der Waals surface area contributed by atoms with E-state index in [1.165, 1.54) is 9.96 Å². The van der Waals surface area contributed by atoms with Crippen LogP contribution in [0.4, 0.5) is 24.5 Å². The molecule has 0 atom stereocenters. The molecule has 1 fully saturated rings. The molecular weight excluding hydrogens is 419 g/mol. The number of benzene rings is 1. The van der Waals surface area contributed by atoms with E-state index < -0.39 is 11.9 Å². The van der Waals surface area contributed by atoms with Crippen LogP contribution in [0.25, 0.3) is 5.65 Å². The number of hydrogen-bond acceptors (Lipinski definition) is 4. The first-order valence-corrected chi connectivity index (χ1v) is 10.8. The number of pyridine rings is 1. The number of carbonyl (C=O) groups is 1. The maximum atomic E-state index is 13.0. The van der Waals surface area contributed by atoms with Gasteiger partial charge in [0, 0.05) is 50.8 Å². The number of para-hydroxylation sites is 1. The second-order valence-electron chi connectivity index (χ2n) is 8.32. The van der Waals surface area contributed by atoms with E-state index in [9.17, 15) is 18.0 Å². The molecule has 2 aliphatic rings. The number of aryl methyl sites for hydroxylation is 1. The summed E-state index contributed by atoms with van der Waals surface area (Å²) < 4.78 is 40.2. The van der Waals surface area contributed by atoms with Gasteiger partial charge >= 0.3 is 6.18 Å². The Bertz CT molecular complexity index is 1130. The van der Waals surface area contributed by atoms with Gasteiger partial charge in [-0.15, -0.1) is 0 Å². The van der Waals surface area contributed by atoms with Crippen molar-refractivity contribution in [2.75, 3.05) is 49.1 Å². The number of imidazole rings is 1. The fourth-order valence-corrected chi connectivity index (χ4v) is 4.54. The topological polar surface area (TPSA) is 44.1 Å². The number of amides is 1. The van der Waals surface area contributed by atoms with E-state index in [0.717, 1.165) is 50.0 Å². The maximum absolute atomic E-state index is 13.0. The molecule has 6 nitrogen and oxygen atoms in total. The number of aromatic nitrogens is 2. The third-order valence-electron chi connectivity index (χ3n) is 6.23. The van der Waals surface area contributed by atoms with Gasteiger partial charge < -0.3 is 14.2 Å². The number of halogens is 3. The number of alkyl halides is 3. The van der Waals surface area contributed by atoms with Gasteiger partial charge in [-0.05, 0) is 36.6 Å². The van der Waals surface area contributed by atoms with E-state index in [2.05, 4.69) is 20.9 Å². The number of piperazine rings is 1.